The Balaban J connectivity index is 1.91. The first kappa shape index (κ1) is 12.2. The molecule has 3 rings (SSSR count). The van der Waals surface area contributed by atoms with Crippen LogP contribution in [-0.2, 0) is 0 Å². The average molecular weight is 272 g/mol. The Hall–Kier alpha value is -1.81. The van der Waals surface area contributed by atoms with Crippen molar-refractivity contribution in [3.8, 4) is 0 Å². The van der Waals surface area contributed by atoms with Crippen molar-refractivity contribution in [1.29, 1.82) is 0 Å². The summed E-state index contributed by atoms with van der Waals surface area (Å²) in [5, 5.41) is 4.03. The molecule has 19 heavy (non-hydrogen) atoms. The minimum atomic E-state index is -0.0509. The molecule has 2 aromatic rings. The summed E-state index contributed by atoms with van der Waals surface area (Å²) in [5.74, 6) is -0.0509. The number of anilines is 1. The van der Waals surface area contributed by atoms with Crippen LogP contribution < -0.4 is 11.1 Å². The Morgan fingerprint density at radius 3 is 2.84 bits per heavy atom. The van der Waals surface area contributed by atoms with Crippen molar-refractivity contribution in [1.82, 2.24) is 5.32 Å². The van der Waals surface area contributed by atoms with Gasteiger partial charge in [-0.2, -0.15) is 0 Å². The summed E-state index contributed by atoms with van der Waals surface area (Å²) in [7, 11) is 0. The van der Waals surface area contributed by atoms with Gasteiger partial charge in [-0.25, -0.2) is 0 Å². The number of hydrogen-bond acceptors (Lipinski definition) is 3. The largest absolute Gasteiger partial charge is 0.397 e. The van der Waals surface area contributed by atoms with E-state index in [0.29, 0.717) is 10.6 Å². The number of hydrogen-bond donors (Lipinski definition) is 2. The Morgan fingerprint density at radius 1 is 1.37 bits per heavy atom. The van der Waals surface area contributed by atoms with E-state index >= 15 is 0 Å². The molecule has 0 aliphatic heterocycles. The van der Waals surface area contributed by atoms with Gasteiger partial charge >= 0.3 is 0 Å². The van der Waals surface area contributed by atoms with E-state index in [4.69, 9.17) is 5.73 Å². The first-order valence-corrected chi connectivity index (χ1v) is 7.21. The molecule has 4 heteroatoms. The Bertz CT molecular complexity index is 664. The van der Waals surface area contributed by atoms with Gasteiger partial charge in [-0.3, -0.25) is 4.79 Å². The van der Waals surface area contributed by atoms with E-state index in [-0.39, 0.29) is 11.9 Å². The van der Waals surface area contributed by atoms with E-state index < -0.39 is 0 Å². The maximum absolute atomic E-state index is 12.3. The number of nitrogens with one attached hydrogen (secondary N) is 1. The van der Waals surface area contributed by atoms with Gasteiger partial charge in [0.05, 0.1) is 5.69 Å². The predicted molar refractivity (Wildman–Crippen MR) is 80.6 cm³/mol. The van der Waals surface area contributed by atoms with Crippen LogP contribution in [0, 0.1) is 6.92 Å². The lowest BCUT2D eigenvalue weighted by atomic mass is 10.1. The molecule has 1 aliphatic rings. The zero-order valence-corrected chi connectivity index (χ0v) is 11.6. The molecule has 1 heterocycles. The van der Waals surface area contributed by atoms with Gasteiger partial charge in [0.15, 0.2) is 0 Å². The number of fused-ring (bicyclic) bond motifs is 1. The molecule has 1 aliphatic carbocycles. The average Bonchev–Trinajstić information content (AvgIpc) is 2.98. The number of carbonyl (C=O) groups excluding carboxylic acids is 1. The number of rotatable bonds is 2. The van der Waals surface area contributed by atoms with E-state index in [2.05, 4.69) is 17.5 Å². The number of aryl methyl sites for hydroxylation is 1. The second-order valence-corrected chi connectivity index (χ2v) is 6.01. The van der Waals surface area contributed by atoms with Crippen molar-refractivity contribution in [2.45, 2.75) is 25.8 Å². The number of thiophene rings is 1. The van der Waals surface area contributed by atoms with Crippen LogP contribution in [-0.4, -0.2) is 11.9 Å². The van der Waals surface area contributed by atoms with E-state index in [0.717, 1.165) is 28.5 Å². The fourth-order valence-electron chi connectivity index (χ4n) is 2.39. The molecular weight excluding hydrogens is 256 g/mol. The monoisotopic (exact) mass is 272 g/mol. The lowest BCUT2D eigenvalue weighted by Crippen LogP contribution is -2.32. The zero-order chi connectivity index (χ0) is 13.4. The molecule has 3 nitrogen and oxygen atoms in total. The topological polar surface area (TPSA) is 55.1 Å². The van der Waals surface area contributed by atoms with E-state index in [9.17, 15) is 4.79 Å². The predicted octanol–water partition coefficient (Wildman–Crippen LogP) is 3.24. The Morgan fingerprint density at radius 2 is 2.11 bits per heavy atom. The lowest BCUT2D eigenvalue weighted by Gasteiger charge is -2.11. The van der Waals surface area contributed by atoms with Crippen molar-refractivity contribution in [3.63, 3.8) is 0 Å². The third-order valence-electron chi connectivity index (χ3n) is 3.43. The first-order valence-electron chi connectivity index (χ1n) is 6.39. The van der Waals surface area contributed by atoms with Crippen LogP contribution in [0.4, 0.5) is 5.69 Å². The summed E-state index contributed by atoms with van der Waals surface area (Å²) < 4.78 is 1.07. The van der Waals surface area contributed by atoms with Gasteiger partial charge in [0.1, 0.15) is 4.88 Å². The molecule has 1 aromatic heterocycles. The van der Waals surface area contributed by atoms with E-state index in [1.165, 1.54) is 11.3 Å². The van der Waals surface area contributed by atoms with Gasteiger partial charge in [-0.05, 0) is 31.9 Å². The number of nitrogen functional groups attached to an aromatic ring is 1. The van der Waals surface area contributed by atoms with Crippen LogP contribution in [0.3, 0.4) is 0 Å². The molecule has 1 aromatic carbocycles. The summed E-state index contributed by atoms with van der Waals surface area (Å²) in [6.07, 6.45) is 6.02. The van der Waals surface area contributed by atoms with Gasteiger partial charge in [0, 0.05) is 16.1 Å². The van der Waals surface area contributed by atoms with Gasteiger partial charge in [0.25, 0.3) is 5.91 Å². The second-order valence-electron chi connectivity index (χ2n) is 4.96. The van der Waals surface area contributed by atoms with Crippen molar-refractivity contribution in [3.05, 3.63) is 40.8 Å². The maximum atomic E-state index is 12.3. The molecule has 0 unspecified atom stereocenters. The molecule has 0 bridgehead atoms. The van der Waals surface area contributed by atoms with Crippen molar-refractivity contribution < 1.29 is 4.79 Å². The highest BCUT2D eigenvalue weighted by Gasteiger charge is 2.19. The molecule has 3 N–H and O–H groups in total. The molecule has 0 atom stereocenters. The van der Waals surface area contributed by atoms with Crippen LogP contribution in [0.25, 0.3) is 10.1 Å². The molecular formula is C15H16N2OS. The van der Waals surface area contributed by atoms with Crippen LogP contribution >= 0.6 is 11.3 Å². The van der Waals surface area contributed by atoms with Gasteiger partial charge in [0.2, 0.25) is 0 Å². The maximum Gasteiger partial charge on any atom is 0.263 e. The highest BCUT2D eigenvalue weighted by molar-refractivity contribution is 7.21. The summed E-state index contributed by atoms with van der Waals surface area (Å²) in [6, 6.07) is 6.33. The van der Waals surface area contributed by atoms with E-state index in [1.807, 2.05) is 25.1 Å². The number of nitrogens with two attached hydrogens (primary N) is 1. The molecule has 0 saturated carbocycles. The SMILES string of the molecule is Cc1ccc2sc(C(=O)NC3CC=CC3)c(N)c2c1. The summed E-state index contributed by atoms with van der Waals surface area (Å²) in [4.78, 5) is 12.9. The number of carbonyl (C=O) groups is 1. The number of benzene rings is 1. The zero-order valence-electron chi connectivity index (χ0n) is 10.8. The summed E-state index contributed by atoms with van der Waals surface area (Å²) in [6.45, 7) is 2.03. The van der Waals surface area contributed by atoms with Gasteiger partial charge < -0.3 is 11.1 Å². The fourth-order valence-corrected chi connectivity index (χ4v) is 3.39. The lowest BCUT2D eigenvalue weighted by molar-refractivity contribution is 0.0944. The van der Waals surface area contributed by atoms with Crippen molar-refractivity contribution in [2.75, 3.05) is 5.73 Å². The van der Waals surface area contributed by atoms with Gasteiger partial charge in [-0.15, -0.1) is 11.3 Å². The quantitative estimate of drug-likeness (QED) is 0.825. The minimum absolute atomic E-state index is 0.0509. The summed E-state index contributed by atoms with van der Waals surface area (Å²) >= 11 is 1.47. The van der Waals surface area contributed by atoms with Crippen LogP contribution in [0.1, 0.15) is 28.1 Å². The Labute approximate surface area is 116 Å². The molecule has 0 saturated heterocycles. The van der Waals surface area contributed by atoms with Crippen molar-refractivity contribution in [2.24, 2.45) is 0 Å². The first-order chi connectivity index (χ1) is 9.15. The van der Waals surface area contributed by atoms with Crippen LogP contribution in [0.15, 0.2) is 30.4 Å². The molecule has 0 radical (unpaired) electrons. The third kappa shape index (κ3) is 2.24. The van der Waals surface area contributed by atoms with E-state index in [1.54, 1.807) is 0 Å². The smallest absolute Gasteiger partial charge is 0.263 e. The molecule has 1 amide bonds. The highest BCUT2D eigenvalue weighted by atomic mass is 32.1. The minimum Gasteiger partial charge on any atom is -0.397 e. The molecule has 98 valence electrons. The van der Waals surface area contributed by atoms with Crippen molar-refractivity contribution >= 4 is 33.0 Å². The fraction of sp³-hybridized carbons (Fsp3) is 0.267. The second kappa shape index (κ2) is 4.70. The molecule has 0 fully saturated rings. The standard InChI is InChI=1S/C15H16N2OS/c1-9-6-7-12-11(8-9)13(16)14(19-12)15(18)17-10-4-2-3-5-10/h2-3,6-8,10H,4-5,16H2,1H3,(H,17,18). The number of amides is 1. The van der Waals surface area contributed by atoms with Gasteiger partial charge in [-0.1, -0.05) is 23.8 Å². The normalized spacial score (nSPS) is 15.2. The van der Waals surface area contributed by atoms with Crippen LogP contribution in [0.2, 0.25) is 0 Å². The highest BCUT2D eigenvalue weighted by Crippen LogP contribution is 2.34. The third-order valence-corrected chi connectivity index (χ3v) is 4.62. The van der Waals surface area contributed by atoms with Crippen LogP contribution in [0.5, 0.6) is 0 Å². The molecule has 0 spiro atoms. The Kier molecular flexibility index (Phi) is 3.03. The summed E-state index contributed by atoms with van der Waals surface area (Å²) in [5.41, 5.74) is 7.88.